The van der Waals surface area contributed by atoms with E-state index in [1.165, 1.54) is 42.9 Å². The molecular weight excluding hydrogens is 429 g/mol. The molecule has 5 nitrogen and oxygen atoms in total. The number of nitrogens with one attached hydrogen (secondary N) is 1. The van der Waals surface area contributed by atoms with Crippen molar-refractivity contribution in [3.63, 3.8) is 0 Å². The maximum atomic E-state index is 15.6. The van der Waals surface area contributed by atoms with Crippen LogP contribution in [0.1, 0.15) is 36.2 Å². The largest absolute Gasteiger partial charge is 0.292 e. The number of nitrogens with zero attached hydrogens (tertiary/aromatic N) is 3. The molecule has 1 atom stereocenters. The molecule has 2 heterocycles. The quantitative estimate of drug-likeness (QED) is 0.503. The summed E-state index contributed by atoms with van der Waals surface area (Å²) in [7, 11) is 0. The van der Waals surface area contributed by atoms with E-state index in [4.69, 9.17) is 11.6 Å². The molecule has 31 heavy (non-hydrogen) atoms. The fourth-order valence-corrected chi connectivity index (χ4v) is 3.24. The lowest BCUT2D eigenvalue weighted by Crippen LogP contribution is -2.29. The van der Waals surface area contributed by atoms with Gasteiger partial charge >= 0.3 is 0 Å². The van der Waals surface area contributed by atoms with Gasteiger partial charge in [0.15, 0.2) is 5.67 Å². The van der Waals surface area contributed by atoms with E-state index >= 15 is 4.39 Å². The minimum atomic E-state index is -3.36. The van der Waals surface area contributed by atoms with Gasteiger partial charge in [0, 0.05) is 29.9 Å². The molecule has 0 amide bonds. The molecule has 0 bridgehead atoms. The Morgan fingerprint density at radius 3 is 2.65 bits per heavy atom. The van der Waals surface area contributed by atoms with Crippen molar-refractivity contribution in [1.29, 1.82) is 0 Å². The van der Waals surface area contributed by atoms with Crippen molar-refractivity contribution in [2.24, 2.45) is 0 Å². The van der Waals surface area contributed by atoms with Crippen LogP contribution in [0, 0.1) is 0 Å². The van der Waals surface area contributed by atoms with Crippen molar-refractivity contribution in [3.05, 3.63) is 99.2 Å². The second kappa shape index (κ2) is 8.19. The molecule has 3 rings (SSSR count). The number of H-pyrrole nitrogens is 1. The smallest absolute Gasteiger partial charge is 0.291 e. The molecule has 1 unspecified atom stereocenters. The van der Waals surface area contributed by atoms with Gasteiger partial charge < -0.3 is 0 Å². The topological polar surface area (TPSA) is 63.6 Å². The van der Waals surface area contributed by atoms with E-state index in [1.54, 1.807) is 12.3 Å². The molecule has 3 aromatic rings. The van der Waals surface area contributed by atoms with Crippen LogP contribution in [-0.4, -0.2) is 19.7 Å². The summed E-state index contributed by atoms with van der Waals surface area (Å²) in [5.41, 5.74) is -2.94. The van der Waals surface area contributed by atoms with Gasteiger partial charge in [0.25, 0.3) is 11.5 Å². The van der Waals surface area contributed by atoms with Gasteiger partial charge in [-0.05, 0) is 49.3 Å². The molecular formula is C22H20ClF3N4O. The van der Waals surface area contributed by atoms with Crippen LogP contribution >= 0.6 is 11.6 Å². The van der Waals surface area contributed by atoms with E-state index in [-0.39, 0.29) is 34.2 Å². The van der Waals surface area contributed by atoms with Crippen molar-refractivity contribution < 1.29 is 13.2 Å². The number of rotatable bonds is 7. The zero-order valence-corrected chi connectivity index (χ0v) is 17.7. The highest BCUT2D eigenvalue weighted by Gasteiger charge is 2.34. The number of aromatic nitrogens is 4. The molecule has 9 heteroatoms. The Bertz CT molecular complexity index is 1200. The molecule has 1 aromatic carbocycles. The average molecular weight is 449 g/mol. The summed E-state index contributed by atoms with van der Waals surface area (Å²) in [5.74, 6) is -3.34. The Hall–Kier alpha value is -3.13. The Balaban J connectivity index is 2.18. The highest BCUT2D eigenvalue weighted by molar-refractivity contribution is 6.31. The predicted molar refractivity (Wildman–Crippen MR) is 114 cm³/mol. The van der Waals surface area contributed by atoms with Crippen LogP contribution in [0.5, 0.6) is 0 Å². The lowest BCUT2D eigenvalue weighted by Gasteiger charge is -2.23. The molecule has 0 saturated heterocycles. The average Bonchev–Trinajstić information content (AvgIpc) is 3.25. The molecule has 2 aromatic heterocycles. The van der Waals surface area contributed by atoms with E-state index in [9.17, 15) is 13.6 Å². The van der Waals surface area contributed by atoms with Crippen molar-refractivity contribution in [2.75, 3.05) is 0 Å². The molecule has 0 radical (unpaired) electrons. The van der Waals surface area contributed by atoms with Crippen LogP contribution in [-0.2, 0) is 18.0 Å². The monoisotopic (exact) mass is 448 g/mol. The predicted octanol–water partition coefficient (Wildman–Crippen LogP) is 5.24. The number of allylic oxidation sites excluding steroid dienone is 2. The van der Waals surface area contributed by atoms with Gasteiger partial charge in [0.2, 0.25) is 5.95 Å². The molecule has 162 valence electrons. The maximum absolute atomic E-state index is 15.6. The highest BCUT2D eigenvalue weighted by Crippen LogP contribution is 2.36. The zero-order valence-electron chi connectivity index (χ0n) is 16.9. The molecule has 1 N–H and O–H groups in total. The molecule has 0 aliphatic heterocycles. The summed E-state index contributed by atoms with van der Waals surface area (Å²) in [6.45, 7) is 9.52. The first-order valence-electron chi connectivity index (χ1n) is 9.26. The third kappa shape index (κ3) is 4.34. The number of aromatic amines is 1. The highest BCUT2D eigenvalue weighted by atomic mass is 35.5. The van der Waals surface area contributed by atoms with E-state index < -0.39 is 22.7 Å². The zero-order chi connectivity index (χ0) is 23.0. The van der Waals surface area contributed by atoms with Crippen LogP contribution < -0.4 is 5.56 Å². The first-order valence-corrected chi connectivity index (χ1v) is 9.64. The fourth-order valence-electron chi connectivity index (χ4n) is 2.99. The lowest BCUT2D eigenvalue weighted by atomic mass is 9.90. The molecule has 0 aliphatic rings. The maximum Gasteiger partial charge on any atom is 0.292 e. The number of hydrogen-bond acceptors (Lipinski definition) is 3. The van der Waals surface area contributed by atoms with Crippen molar-refractivity contribution in [2.45, 2.75) is 31.9 Å². The van der Waals surface area contributed by atoms with Gasteiger partial charge in [0.1, 0.15) is 0 Å². The van der Waals surface area contributed by atoms with Gasteiger partial charge in [-0.3, -0.25) is 9.78 Å². The summed E-state index contributed by atoms with van der Waals surface area (Å²) >= 11 is 5.93. The van der Waals surface area contributed by atoms with Gasteiger partial charge in [-0.2, -0.15) is 13.9 Å². The Morgan fingerprint density at radius 2 is 2.06 bits per heavy atom. The standard InChI is InChI=1S/C22H20ClF3N4O/c1-5-22(25,26)16-12-14(7-8-17(16)23)11-15-18(21(4,24)13(2)3)28-20(29-19(15)31)30-10-6-9-27-30/h5-10,12H,1-2,11H2,3-4H3,(H,28,29,31). The normalized spacial score (nSPS) is 13.6. The van der Waals surface area contributed by atoms with E-state index in [2.05, 4.69) is 28.2 Å². The van der Waals surface area contributed by atoms with Gasteiger partial charge in [-0.15, -0.1) is 0 Å². The number of hydrogen-bond donors (Lipinski definition) is 1. The van der Waals surface area contributed by atoms with Crippen molar-refractivity contribution in [1.82, 2.24) is 19.7 Å². The Kier molecular flexibility index (Phi) is 5.96. The number of alkyl halides is 3. The molecule has 0 spiro atoms. The van der Waals surface area contributed by atoms with Crippen LogP contribution in [0.25, 0.3) is 5.95 Å². The second-order valence-corrected chi connectivity index (χ2v) is 7.68. The SMILES string of the molecule is C=CC(F)(F)c1cc(Cc2c(C(C)(F)C(=C)C)nc(-n3cccn3)[nH]c2=O)ccc1Cl. The first-order chi connectivity index (χ1) is 14.5. The van der Waals surface area contributed by atoms with Crippen LogP contribution in [0.4, 0.5) is 13.2 Å². The van der Waals surface area contributed by atoms with E-state index in [0.717, 1.165) is 0 Å². The summed E-state index contributed by atoms with van der Waals surface area (Å²) in [6.07, 6.45) is 3.36. The molecule has 0 saturated carbocycles. The Labute approximate surface area is 181 Å². The number of halogens is 4. The second-order valence-electron chi connectivity index (χ2n) is 7.27. The van der Waals surface area contributed by atoms with Gasteiger partial charge in [-0.1, -0.05) is 30.8 Å². The van der Waals surface area contributed by atoms with Crippen molar-refractivity contribution in [3.8, 4) is 5.95 Å². The third-order valence-electron chi connectivity index (χ3n) is 5.00. The van der Waals surface area contributed by atoms with Crippen LogP contribution in [0.2, 0.25) is 5.02 Å². The summed E-state index contributed by atoms with van der Waals surface area (Å²) in [6, 6.07) is 5.59. The van der Waals surface area contributed by atoms with E-state index in [1.807, 2.05) is 0 Å². The van der Waals surface area contributed by atoms with Crippen LogP contribution in [0.15, 0.2) is 66.3 Å². The van der Waals surface area contributed by atoms with Gasteiger partial charge in [-0.25, -0.2) is 14.1 Å². The molecule has 0 fully saturated rings. The van der Waals surface area contributed by atoms with E-state index in [0.29, 0.717) is 11.6 Å². The summed E-state index contributed by atoms with van der Waals surface area (Å²) in [4.78, 5) is 19.8. The molecule has 0 aliphatic carbocycles. The minimum absolute atomic E-state index is 0.0147. The number of benzene rings is 1. The first kappa shape index (κ1) is 22.6. The van der Waals surface area contributed by atoms with Gasteiger partial charge in [0.05, 0.1) is 10.7 Å². The minimum Gasteiger partial charge on any atom is -0.291 e. The fraction of sp³-hybridized carbons (Fsp3) is 0.227. The Morgan fingerprint density at radius 1 is 1.35 bits per heavy atom. The summed E-state index contributed by atoms with van der Waals surface area (Å²) in [5, 5.41) is 3.85. The van der Waals surface area contributed by atoms with Crippen molar-refractivity contribution >= 4 is 11.6 Å². The summed E-state index contributed by atoms with van der Waals surface area (Å²) < 4.78 is 45.2. The van der Waals surface area contributed by atoms with Crippen LogP contribution in [0.3, 0.4) is 0 Å². The lowest BCUT2D eigenvalue weighted by molar-refractivity contribution is 0.0526. The third-order valence-corrected chi connectivity index (χ3v) is 5.33.